The highest BCUT2D eigenvalue weighted by molar-refractivity contribution is 5.33. The topological polar surface area (TPSA) is 86.3 Å². The Bertz CT molecular complexity index is 818. The molecule has 8 heteroatoms. The Morgan fingerprint density at radius 3 is 1.19 bits per heavy atom. The van der Waals surface area contributed by atoms with Gasteiger partial charge >= 0.3 is 0 Å². The van der Waals surface area contributed by atoms with Gasteiger partial charge in [0.05, 0.1) is 51.1 Å². The molecule has 2 aromatic carbocycles. The van der Waals surface area contributed by atoms with Crippen molar-refractivity contribution in [3.05, 3.63) is 79.9 Å². The van der Waals surface area contributed by atoms with Gasteiger partial charge in [0.15, 0.2) is 0 Å². The molecule has 0 saturated heterocycles. The van der Waals surface area contributed by atoms with Crippen LogP contribution in [0.2, 0.25) is 0 Å². The molecule has 174 valence electrons. The smallest absolute Gasteiger partial charge is 0.269 e. The van der Waals surface area contributed by atoms with Crippen molar-refractivity contribution >= 4 is 11.4 Å². The number of unbranched alkanes of at least 4 members (excludes halogenated alkanes) is 3. The third-order valence-corrected chi connectivity index (χ3v) is 5.79. The van der Waals surface area contributed by atoms with Crippen LogP contribution in [0.25, 0.3) is 0 Å². The molecule has 8 nitrogen and oxygen atoms in total. The summed E-state index contributed by atoms with van der Waals surface area (Å²) < 4.78 is 1.72. The summed E-state index contributed by atoms with van der Waals surface area (Å²) in [5, 5.41) is 21.6. The molecule has 0 N–H and O–H groups in total. The first-order valence-electron chi connectivity index (χ1n) is 11.1. The van der Waals surface area contributed by atoms with Crippen LogP contribution in [-0.2, 0) is 13.1 Å². The fraction of sp³-hybridized carbons (Fsp3) is 0.500. The van der Waals surface area contributed by atoms with E-state index < -0.39 is 0 Å². The number of nitrogens with zero attached hydrogens (tertiary/aromatic N) is 4. The fourth-order valence-electron chi connectivity index (χ4n) is 4.03. The van der Waals surface area contributed by atoms with E-state index in [1.54, 1.807) is 24.3 Å². The molecule has 0 radical (unpaired) electrons. The second-order valence-electron chi connectivity index (χ2n) is 9.90. The lowest BCUT2D eigenvalue weighted by atomic mass is 10.1. The summed E-state index contributed by atoms with van der Waals surface area (Å²) in [7, 11) is 8.80. The summed E-state index contributed by atoms with van der Waals surface area (Å²) in [6.45, 7) is 3.85. The van der Waals surface area contributed by atoms with E-state index in [-0.39, 0.29) is 21.2 Å². The lowest BCUT2D eigenvalue weighted by Crippen LogP contribution is -2.40. The van der Waals surface area contributed by atoms with Crippen LogP contribution in [-0.4, -0.2) is 60.1 Å². The van der Waals surface area contributed by atoms with Crippen LogP contribution < -0.4 is 0 Å². The van der Waals surface area contributed by atoms with Crippen LogP contribution in [0.15, 0.2) is 48.5 Å². The molecule has 0 aliphatic carbocycles. The first-order chi connectivity index (χ1) is 15.0. The van der Waals surface area contributed by atoms with Gasteiger partial charge in [-0.15, -0.1) is 0 Å². The van der Waals surface area contributed by atoms with Crippen LogP contribution >= 0.6 is 0 Å². The molecule has 0 heterocycles. The number of benzene rings is 2. The number of hydrogen-bond acceptors (Lipinski definition) is 4. The molecule has 2 aromatic rings. The first-order valence-corrected chi connectivity index (χ1v) is 11.1. The van der Waals surface area contributed by atoms with Crippen LogP contribution in [0, 0.1) is 20.2 Å². The maximum Gasteiger partial charge on any atom is 0.269 e. The largest absolute Gasteiger partial charge is 0.325 e. The summed E-state index contributed by atoms with van der Waals surface area (Å²) in [4.78, 5) is 20.9. The first kappa shape index (κ1) is 25.4. The summed E-state index contributed by atoms with van der Waals surface area (Å²) in [5.41, 5.74) is 2.50. The van der Waals surface area contributed by atoms with Gasteiger partial charge in [0, 0.05) is 35.4 Å². The van der Waals surface area contributed by atoms with Gasteiger partial charge in [-0.1, -0.05) is 0 Å². The van der Waals surface area contributed by atoms with E-state index in [0.29, 0.717) is 0 Å². The van der Waals surface area contributed by atoms with Crippen molar-refractivity contribution in [1.82, 2.24) is 0 Å². The minimum absolute atomic E-state index is 0.133. The van der Waals surface area contributed by atoms with E-state index in [1.165, 1.54) is 12.8 Å². The van der Waals surface area contributed by atoms with Gasteiger partial charge in [-0.05, 0) is 49.9 Å². The molecule has 0 unspecified atom stereocenters. The zero-order valence-electron chi connectivity index (χ0n) is 19.7. The fourth-order valence-corrected chi connectivity index (χ4v) is 4.03. The van der Waals surface area contributed by atoms with Crippen LogP contribution in [0.1, 0.15) is 36.8 Å². The van der Waals surface area contributed by atoms with E-state index in [1.807, 2.05) is 24.3 Å². The number of rotatable bonds is 13. The van der Waals surface area contributed by atoms with Crippen molar-refractivity contribution in [3.63, 3.8) is 0 Å². The van der Waals surface area contributed by atoms with E-state index in [4.69, 9.17) is 0 Å². The van der Waals surface area contributed by atoms with Gasteiger partial charge in [-0.3, -0.25) is 20.2 Å². The van der Waals surface area contributed by atoms with Gasteiger partial charge < -0.3 is 8.97 Å². The Hall–Kier alpha value is -2.84. The molecule has 0 aliphatic rings. The van der Waals surface area contributed by atoms with Gasteiger partial charge in [0.1, 0.15) is 13.1 Å². The molecule has 0 aromatic heterocycles. The number of quaternary nitrogens is 2. The molecule has 0 saturated carbocycles. The highest BCUT2D eigenvalue weighted by Crippen LogP contribution is 2.18. The van der Waals surface area contributed by atoms with E-state index in [2.05, 4.69) is 28.2 Å². The van der Waals surface area contributed by atoms with Crippen molar-refractivity contribution in [2.75, 3.05) is 41.3 Å². The van der Waals surface area contributed by atoms with Gasteiger partial charge in [0.25, 0.3) is 11.4 Å². The monoisotopic (exact) mass is 444 g/mol. The number of hydrogen-bond donors (Lipinski definition) is 0. The lowest BCUT2D eigenvalue weighted by Gasteiger charge is -2.31. The quantitative estimate of drug-likeness (QED) is 0.190. The van der Waals surface area contributed by atoms with Gasteiger partial charge in [-0.25, -0.2) is 0 Å². The molecule has 0 amide bonds. The average molecular weight is 445 g/mol. The molecule has 2 rings (SSSR count). The van der Waals surface area contributed by atoms with Crippen molar-refractivity contribution in [3.8, 4) is 0 Å². The Morgan fingerprint density at radius 1 is 0.594 bits per heavy atom. The summed E-state index contributed by atoms with van der Waals surface area (Å²) >= 11 is 0. The molecular weight excluding hydrogens is 408 g/mol. The highest BCUT2D eigenvalue weighted by atomic mass is 16.6. The SMILES string of the molecule is C[N+](C)(CCCCCC[N+](C)(C)Cc1ccc([N+](=O)[O-])cc1)Cc1ccc([N+](=O)[O-])cc1. The summed E-state index contributed by atoms with van der Waals surface area (Å²) in [6.07, 6.45) is 4.66. The second kappa shape index (κ2) is 11.2. The van der Waals surface area contributed by atoms with Gasteiger partial charge in [0.2, 0.25) is 0 Å². The molecule has 0 bridgehead atoms. The normalized spacial score (nSPS) is 12.0. The number of nitro groups is 2. The maximum absolute atomic E-state index is 10.8. The Balaban J connectivity index is 1.67. The highest BCUT2D eigenvalue weighted by Gasteiger charge is 2.18. The Labute approximate surface area is 190 Å². The number of non-ortho nitro benzene ring substituents is 2. The van der Waals surface area contributed by atoms with Crippen molar-refractivity contribution in [2.24, 2.45) is 0 Å². The molecule has 0 aliphatic heterocycles. The standard InChI is InChI=1S/C24H36N4O4/c1-27(2,19-21-9-13-23(14-10-21)25(29)30)17-7-5-6-8-18-28(3,4)20-22-11-15-24(16-12-22)26(31)32/h9-16H,5-8,17-20H2,1-4H3/q+2. The molecular formula is C24H36N4O4+2. The van der Waals surface area contributed by atoms with Crippen LogP contribution in [0.5, 0.6) is 0 Å². The minimum Gasteiger partial charge on any atom is -0.325 e. The predicted molar refractivity (Wildman–Crippen MR) is 126 cm³/mol. The second-order valence-corrected chi connectivity index (χ2v) is 9.90. The zero-order chi connectivity index (χ0) is 23.8. The third kappa shape index (κ3) is 8.72. The minimum atomic E-state index is -0.365. The Morgan fingerprint density at radius 2 is 0.906 bits per heavy atom. The molecule has 32 heavy (non-hydrogen) atoms. The Kier molecular flexibility index (Phi) is 8.86. The van der Waals surface area contributed by atoms with Crippen LogP contribution in [0.4, 0.5) is 11.4 Å². The van der Waals surface area contributed by atoms with Crippen molar-refractivity contribution < 1.29 is 18.8 Å². The maximum atomic E-state index is 10.8. The van der Waals surface area contributed by atoms with Gasteiger partial charge in [-0.2, -0.15) is 0 Å². The van der Waals surface area contributed by atoms with E-state index in [9.17, 15) is 20.2 Å². The number of nitro benzene ring substituents is 2. The molecule has 0 fully saturated rings. The molecule has 0 spiro atoms. The lowest BCUT2D eigenvalue weighted by molar-refractivity contribution is -0.904. The third-order valence-electron chi connectivity index (χ3n) is 5.79. The van der Waals surface area contributed by atoms with Crippen molar-refractivity contribution in [1.29, 1.82) is 0 Å². The van der Waals surface area contributed by atoms with E-state index in [0.717, 1.165) is 59.1 Å². The average Bonchev–Trinajstić information content (AvgIpc) is 2.70. The summed E-state index contributed by atoms with van der Waals surface area (Å²) in [6, 6.07) is 13.7. The van der Waals surface area contributed by atoms with Crippen LogP contribution in [0.3, 0.4) is 0 Å². The predicted octanol–water partition coefficient (Wildman–Crippen LogP) is 4.92. The zero-order valence-corrected chi connectivity index (χ0v) is 19.7. The van der Waals surface area contributed by atoms with Crippen molar-refractivity contribution in [2.45, 2.75) is 38.8 Å². The van der Waals surface area contributed by atoms with E-state index >= 15 is 0 Å². The molecule has 0 atom stereocenters. The summed E-state index contributed by atoms with van der Waals surface area (Å²) in [5.74, 6) is 0.